The summed E-state index contributed by atoms with van der Waals surface area (Å²) in [4.78, 5) is 36.0. The molecular formula is C24H19N3O5S. The third-order valence-electron chi connectivity index (χ3n) is 5.07. The summed E-state index contributed by atoms with van der Waals surface area (Å²) in [6.45, 7) is -0.452. The van der Waals surface area contributed by atoms with Gasteiger partial charge in [-0.15, -0.1) is 11.3 Å². The minimum Gasteiger partial charge on any atom is -0.451 e. The second-order valence-electron chi connectivity index (χ2n) is 7.31. The number of aryl methyl sites for hydroxylation is 1. The number of hydrogen-bond donors (Lipinski definition) is 1. The van der Waals surface area contributed by atoms with E-state index in [0.29, 0.717) is 22.4 Å². The fraction of sp³-hybridized carbons (Fsp3) is 0.167. The first-order valence-electron chi connectivity index (χ1n) is 10.0. The molecule has 1 amide bonds. The minimum atomic E-state index is -0.763. The van der Waals surface area contributed by atoms with Gasteiger partial charge >= 0.3 is 11.7 Å². The largest absolute Gasteiger partial charge is 0.451 e. The van der Waals surface area contributed by atoms with Gasteiger partial charge in [-0.2, -0.15) is 5.26 Å². The number of carbonyl (C=O) groups is 2. The van der Waals surface area contributed by atoms with Crippen molar-refractivity contribution in [3.05, 3.63) is 81.0 Å². The summed E-state index contributed by atoms with van der Waals surface area (Å²) >= 11 is 1.23. The van der Waals surface area contributed by atoms with Gasteiger partial charge in [-0.25, -0.2) is 9.59 Å². The lowest BCUT2D eigenvalue weighted by Crippen LogP contribution is -2.38. The van der Waals surface area contributed by atoms with Gasteiger partial charge in [-0.3, -0.25) is 9.36 Å². The quantitative estimate of drug-likeness (QED) is 0.423. The zero-order valence-electron chi connectivity index (χ0n) is 17.6. The average molecular weight is 461 g/mol. The molecule has 166 valence electrons. The number of amides is 1. The van der Waals surface area contributed by atoms with Crippen molar-refractivity contribution in [1.82, 2.24) is 9.88 Å². The molecule has 2 heterocycles. The monoisotopic (exact) mass is 461 g/mol. The number of carbonyl (C=O) groups excluding carboxylic acids is 2. The molecule has 2 aromatic heterocycles. The minimum absolute atomic E-state index is 0.302. The molecule has 0 aliphatic heterocycles. The average Bonchev–Trinajstić information content (AvgIpc) is 3.46. The maximum Gasteiger partial charge on any atom is 0.419 e. The summed E-state index contributed by atoms with van der Waals surface area (Å²) in [6.07, 6.45) is 0.302. The molecule has 0 fully saturated rings. The van der Waals surface area contributed by atoms with E-state index in [1.807, 2.05) is 36.4 Å². The summed E-state index contributed by atoms with van der Waals surface area (Å²) in [5.74, 6) is -1.52. The summed E-state index contributed by atoms with van der Waals surface area (Å²) in [7, 11) is 1.65. The van der Waals surface area contributed by atoms with Gasteiger partial charge in [0.05, 0.1) is 11.6 Å². The lowest BCUT2D eigenvalue weighted by Gasteiger charge is -2.12. The first-order chi connectivity index (χ1) is 15.9. The molecule has 1 atom stereocenters. The standard InChI is InChI=1S/C24H19N3O5S/c1-27-19-12-17(8-9-20(19)32-24(27)30)16-6-4-15(5-7-16)11-18(13-25)26-22(28)14-31-23(29)21-3-2-10-33-21/h2-10,12,18H,11,14H2,1H3,(H,26,28). The molecule has 0 bridgehead atoms. The Labute approximate surface area is 192 Å². The number of nitriles is 1. The summed E-state index contributed by atoms with van der Waals surface area (Å²) in [5, 5.41) is 13.7. The predicted molar refractivity (Wildman–Crippen MR) is 123 cm³/mol. The van der Waals surface area contributed by atoms with Gasteiger partial charge in [-0.05, 0) is 40.3 Å². The van der Waals surface area contributed by atoms with Gasteiger partial charge in [-0.1, -0.05) is 36.4 Å². The van der Waals surface area contributed by atoms with E-state index in [-0.39, 0.29) is 0 Å². The molecule has 4 rings (SSSR count). The Morgan fingerprint density at radius 3 is 2.64 bits per heavy atom. The molecule has 8 nitrogen and oxygen atoms in total. The second-order valence-corrected chi connectivity index (χ2v) is 8.26. The normalized spacial score (nSPS) is 11.6. The molecule has 2 aromatic carbocycles. The molecule has 9 heteroatoms. The van der Waals surface area contributed by atoms with Crippen LogP contribution in [0.15, 0.2) is 69.2 Å². The fourth-order valence-corrected chi connectivity index (χ4v) is 3.95. The zero-order valence-corrected chi connectivity index (χ0v) is 18.4. The molecule has 4 aromatic rings. The van der Waals surface area contributed by atoms with Gasteiger partial charge < -0.3 is 14.5 Å². The lowest BCUT2D eigenvalue weighted by molar-refractivity contribution is -0.124. The Morgan fingerprint density at radius 2 is 1.94 bits per heavy atom. The Hall–Kier alpha value is -4.16. The van der Waals surface area contributed by atoms with Crippen molar-refractivity contribution < 1.29 is 18.7 Å². The molecule has 0 aliphatic rings. The lowest BCUT2D eigenvalue weighted by atomic mass is 10.0. The highest BCUT2D eigenvalue weighted by molar-refractivity contribution is 7.11. The van der Waals surface area contributed by atoms with Gasteiger partial charge in [0, 0.05) is 13.5 Å². The predicted octanol–water partition coefficient (Wildman–Crippen LogP) is 3.27. The number of rotatable bonds is 7. The Kier molecular flexibility index (Phi) is 6.38. The SMILES string of the molecule is Cn1c(=O)oc2ccc(-c3ccc(CC(C#N)NC(=O)COC(=O)c4cccs4)cc3)cc21. The first-order valence-corrected chi connectivity index (χ1v) is 10.9. The Balaban J connectivity index is 1.36. The number of benzene rings is 2. The van der Waals surface area contributed by atoms with E-state index >= 15 is 0 Å². The number of aromatic nitrogens is 1. The van der Waals surface area contributed by atoms with Crippen LogP contribution in [0.2, 0.25) is 0 Å². The molecule has 0 radical (unpaired) electrons. The van der Waals surface area contributed by atoms with E-state index in [1.165, 1.54) is 15.9 Å². The van der Waals surface area contributed by atoms with E-state index in [0.717, 1.165) is 16.7 Å². The van der Waals surface area contributed by atoms with Crippen LogP contribution < -0.4 is 11.1 Å². The number of nitrogens with one attached hydrogen (secondary N) is 1. The molecule has 33 heavy (non-hydrogen) atoms. The number of ether oxygens (including phenoxy) is 1. The highest BCUT2D eigenvalue weighted by atomic mass is 32.1. The van der Waals surface area contributed by atoms with Crippen LogP contribution in [0.1, 0.15) is 15.2 Å². The van der Waals surface area contributed by atoms with E-state index in [9.17, 15) is 19.6 Å². The molecule has 0 aliphatic carbocycles. The maximum atomic E-state index is 12.1. The van der Waals surface area contributed by atoms with Gasteiger partial charge in [0.25, 0.3) is 5.91 Å². The number of oxazole rings is 1. The molecule has 1 unspecified atom stereocenters. The van der Waals surface area contributed by atoms with Crippen molar-refractivity contribution in [3.63, 3.8) is 0 Å². The van der Waals surface area contributed by atoms with Crippen LogP contribution in [-0.2, 0) is 23.0 Å². The Bertz CT molecular complexity index is 1390. The van der Waals surface area contributed by atoms with Crippen LogP contribution in [-0.4, -0.2) is 29.1 Å². The van der Waals surface area contributed by atoms with Gasteiger partial charge in [0.15, 0.2) is 12.2 Å². The highest BCUT2D eigenvalue weighted by Crippen LogP contribution is 2.24. The molecule has 0 spiro atoms. The maximum absolute atomic E-state index is 12.1. The van der Waals surface area contributed by atoms with Gasteiger partial charge in [0.1, 0.15) is 10.9 Å². The summed E-state index contributed by atoms with van der Waals surface area (Å²) < 4.78 is 11.6. The van der Waals surface area contributed by atoms with Crippen molar-refractivity contribution in [1.29, 1.82) is 5.26 Å². The van der Waals surface area contributed by atoms with E-state index in [2.05, 4.69) is 11.4 Å². The topological polar surface area (TPSA) is 114 Å². The van der Waals surface area contributed by atoms with Crippen LogP contribution in [0.3, 0.4) is 0 Å². The van der Waals surface area contributed by atoms with Crippen molar-refractivity contribution in [3.8, 4) is 17.2 Å². The van der Waals surface area contributed by atoms with Crippen molar-refractivity contribution in [2.75, 3.05) is 6.61 Å². The highest BCUT2D eigenvalue weighted by Gasteiger charge is 2.16. The van der Waals surface area contributed by atoms with Crippen LogP contribution in [0, 0.1) is 11.3 Å². The third-order valence-corrected chi connectivity index (χ3v) is 5.92. The third kappa shape index (κ3) is 5.02. The second kappa shape index (κ2) is 9.54. The van der Waals surface area contributed by atoms with Gasteiger partial charge in [0.2, 0.25) is 0 Å². The number of hydrogen-bond acceptors (Lipinski definition) is 7. The fourth-order valence-electron chi connectivity index (χ4n) is 3.34. The molecule has 0 saturated carbocycles. The van der Waals surface area contributed by atoms with Crippen LogP contribution in [0.25, 0.3) is 22.2 Å². The van der Waals surface area contributed by atoms with Crippen LogP contribution in [0.4, 0.5) is 0 Å². The first kappa shape index (κ1) is 22.0. The smallest absolute Gasteiger partial charge is 0.419 e. The number of esters is 1. The van der Waals surface area contributed by atoms with E-state index in [1.54, 1.807) is 30.6 Å². The number of fused-ring (bicyclic) bond motifs is 1. The number of thiophene rings is 1. The van der Waals surface area contributed by atoms with E-state index < -0.39 is 30.3 Å². The van der Waals surface area contributed by atoms with Crippen molar-refractivity contribution in [2.45, 2.75) is 12.5 Å². The van der Waals surface area contributed by atoms with Crippen LogP contribution in [0.5, 0.6) is 0 Å². The summed E-state index contributed by atoms with van der Waals surface area (Å²) in [5.41, 5.74) is 3.94. The van der Waals surface area contributed by atoms with E-state index in [4.69, 9.17) is 9.15 Å². The molecule has 1 N–H and O–H groups in total. The van der Waals surface area contributed by atoms with Crippen LogP contribution >= 0.6 is 11.3 Å². The van der Waals surface area contributed by atoms with Crippen molar-refractivity contribution in [2.24, 2.45) is 7.05 Å². The molecule has 0 saturated heterocycles. The zero-order chi connectivity index (χ0) is 23.4. The summed E-state index contributed by atoms with van der Waals surface area (Å²) in [6, 6.07) is 17.7. The molecular weight excluding hydrogens is 442 g/mol. The number of nitrogens with zero attached hydrogens (tertiary/aromatic N) is 2. The van der Waals surface area contributed by atoms with Crippen molar-refractivity contribution >= 4 is 34.3 Å². The Morgan fingerprint density at radius 1 is 1.18 bits per heavy atom.